The highest BCUT2D eigenvalue weighted by molar-refractivity contribution is 6.31. The third-order valence-electron chi connectivity index (χ3n) is 3.86. The maximum atomic E-state index is 8.92. The van der Waals surface area contributed by atoms with E-state index in [2.05, 4.69) is 35.3 Å². The van der Waals surface area contributed by atoms with Crippen molar-refractivity contribution >= 4 is 23.0 Å². The number of benzene rings is 2. The van der Waals surface area contributed by atoms with Crippen molar-refractivity contribution in [1.29, 1.82) is 5.26 Å². The van der Waals surface area contributed by atoms with Crippen LogP contribution in [0.4, 0.5) is 11.4 Å². The van der Waals surface area contributed by atoms with E-state index in [9.17, 15) is 0 Å². The van der Waals surface area contributed by atoms with Crippen molar-refractivity contribution in [2.75, 3.05) is 16.8 Å². The molecule has 1 aliphatic rings. The molecule has 3 nitrogen and oxygen atoms in total. The van der Waals surface area contributed by atoms with Crippen LogP contribution in [-0.4, -0.2) is 12.6 Å². The Morgan fingerprint density at radius 1 is 1.33 bits per heavy atom. The second-order valence-corrected chi connectivity index (χ2v) is 5.70. The molecule has 21 heavy (non-hydrogen) atoms. The van der Waals surface area contributed by atoms with Gasteiger partial charge in [-0.1, -0.05) is 29.8 Å². The zero-order valence-corrected chi connectivity index (χ0v) is 12.6. The topological polar surface area (TPSA) is 39.1 Å². The third kappa shape index (κ3) is 2.68. The van der Waals surface area contributed by atoms with E-state index in [0.29, 0.717) is 16.6 Å². The summed E-state index contributed by atoms with van der Waals surface area (Å²) in [6.07, 6.45) is 0. The number of nitrogens with one attached hydrogen (secondary N) is 1. The number of para-hydroxylation sites is 2. The second-order valence-electron chi connectivity index (χ2n) is 5.29. The molecule has 106 valence electrons. The zero-order chi connectivity index (χ0) is 14.8. The van der Waals surface area contributed by atoms with Gasteiger partial charge in [-0.15, -0.1) is 0 Å². The Hall–Kier alpha value is -2.18. The SMILES string of the molecule is CC1CNc2ccccc2N1Cc1ccc(C#N)cc1Cl. The molecular weight excluding hydrogens is 282 g/mol. The highest BCUT2D eigenvalue weighted by Gasteiger charge is 2.23. The van der Waals surface area contributed by atoms with Crippen LogP contribution in [-0.2, 0) is 6.54 Å². The summed E-state index contributed by atoms with van der Waals surface area (Å²) in [5, 5.41) is 13.0. The number of hydrogen-bond donors (Lipinski definition) is 1. The first-order chi connectivity index (χ1) is 10.2. The fourth-order valence-electron chi connectivity index (χ4n) is 2.65. The molecule has 1 heterocycles. The van der Waals surface area contributed by atoms with Crippen LogP contribution in [0, 0.1) is 11.3 Å². The standard InChI is InChI=1S/C17H16ClN3/c1-12-10-20-16-4-2-3-5-17(16)21(12)11-14-7-6-13(9-19)8-15(14)18/h2-8,12,20H,10-11H2,1H3. The number of rotatable bonds is 2. The quantitative estimate of drug-likeness (QED) is 0.909. The molecule has 0 bridgehead atoms. The van der Waals surface area contributed by atoms with E-state index in [1.54, 1.807) is 6.07 Å². The lowest BCUT2D eigenvalue weighted by molar-refractivity contribution is 0.641. The Bertz CT molecular complexity index is 705. The molecule has 3 rings (SSSR count). The fraction of sp³-hybridized carbons (Fsp3) is 0.235. The first-order valence-electron chi connectivity index (χ1n) is 6.97. The van der Waals surface area contributed by atoms with E-state index in [-0.39, 0.29) is 0 Å². The van der Waals surface area contributed by atoms with Gasteiger partial charge in [0.1, 0.15) is 0 Å². The third-order valence-corrected chi connectivity index (χ3v) is 4.21. The van der Waals surface area contributed by atoms with Crippen molar-refractivity contribution in [3.8, 4) is 6.07 Å². The van der Waals surface area contributed by atoms with Crippen LogP contribution in [0.25, 0.3) is 0 Å². The summed E-state index contributed by atoms with van der Waals surface area (Å²) in [6, 6.07) is 16.3. The van der Waals surface area contributed by atoms with Gasteiger partial charge in [-0.2, -0.15) is 5.26 Å². The Morgan fingerprint density at radius 3 is 2.90 bits per heavy atom. The lowest BCUT2D eigenvalue weighted by Crippen LogP contribution is -2.41. The molecule has 2 aromatic carbocycles. The lowest BCUT2D eigenvalue weighted by Gasteiger charge is -2.38. The second kappa shape index (κ2) is 5.67. The number of fused-ring (bicyclic) bond motifs is 1. The Kier molecular flexibility index (Phi) is 3.72. The first kappa shape index (κ1) is 13.8. The van der Waals surface area contributed by atoms with E-state index in [0.717, 1.165) is 24.3 Å². The maximum Gasteiger partial charge on any atom is 0.0992 e. The van der Waals surface area contributed by atoms with Gasteiger partial charge in [0, 0.05) is 24.2 Å². The van der Waals surface area contributed by atoms with Gasteiger partial charge >= 0.3 is 0 Å². The van der Waals surface area contributed by atoms with Crippen LogP contribution in [0.2, 0.25) is 5.02 Å². The molecule has 1 atom stereocenters. The predicted molar refractivity (Wildman–Crippen MR) is 86.7 cm³/mol. The lowest BCUT2D eigenvalue weighted by atomic mass is 10.1. The van der Waals surface area contributed by atoms with Gasteiger partial charge in [0.15, 0.2) is 0 Å². The molecule has 1 aliphatic heterocycles. The molecule has 4 heteroatoms. The molecule has 0 saturated heterocycles. The largest absolute Gasteiger partial charge is 0.381 e. The predicted octanol–water partition coefficient (Wildman–Crippen LogP) is 4.03. The summed E-state index contributed by atoms with van der Waals surface area (Å²) in [7, 11) is 0. The van der Waals surface area contributed by atoms with Gasteiger partial charge in [0.25, 0.3) is 0 Å². The molecule has 1 N–H and O–H groups in total. The average molecular weight is 298 g/mol. The summed E-state index contributed by atoms with van der Waals surface area (Å²) in [5.74, 6) is 0. The van der Waals surface area contributed by atoms with E-state index in [1.807, 2.05) is 24.3 Å². The van der Waals surface area contributed by atoms with Crippen molar-refractivity contribution < 1.29 is 0 Å². The number of nitrogens with zero attached hydrogens (tertiary/aromatic N) is 2. The van der Waals surface area contributed by atoms with Gasteiger partial charge in [-0.25, -0.2) is 0 Å². The highest BCUT2D eigenvalue weighted by Crippen LogP contribution is 2.33. The summed E-state index contributed by atoms with van der Waals surface area (Å²) in [5.41, 5.74) is 3.98. The normalized spacial score (nSPS) is 16.8. The van der Waals surface area contributed by atoms with Gasteiger partial charge in [0.05, 0.1) is 23.0 Å². The van der Waals surface area contributed by atoms with E-state index < -0.39 is 0 Å². The summed E-state index contributed by atoms with van der Waals surface area (Å²) >= 11 is 6.31. The Morgan fingerprint density at radius 2 is 2.14 bits per heavy atom. The Labute approximate surface area is 129 Å². The fourth-order valence-corrected chi connectivity index (χ4v) is 2.89. The van der Waals surface area contributed by atoms with Crippen LogP contribution in [0.1, 0.15) is 18.1 Å². The number of nitriles is 1. The highest BCUT2D eigenvalue weighted by atomic mass is 35.5. The molecule has 2 aromatic rings. The minimum absolute atomic E-state index is 0.381. The van der Waals surface area contributed by atoms with Gasteiger partial charge in [-0.3, -0.25) is 0 Å². The maximum absolute atomic E-state index is 8.92. The van der Waals surface area contributed by atoms with Crippen molar-refractivity contribution in [1.82, 2.24) is 0 Å². The summed E-state index contributed by atoms with van der Waals surface area (Å²) < 4.78 is 0. The van der Waals surface area contributed by atoms with Gasteiger partial charge in [-0.05, 0) is 36.8 Å². The average Bonchev–Trinajstić information content (AvgIpc) is 2.51. The van der Waals surface area contributed by atoms with E-state index in [1.165, 1.54) is 5.69 Å². The summed E-state index contributed by atoms with van der Waals surface area (Å²) in [4.78, 5) is 2.35. The number of anilines is 2. The van der Waals surface area contributed by atoms with Crippen LogP contribution >= 0.6 is 11.6 Å². The van der Waals surface area contributed by atoms with Crippen LogP contribution in [0.15, 0.2) is 42.5 Å². The molecule has 0 saturated carbocycles. The van der Waals surface area contributed by atoms with Crippen molar-refractivity contribution in [3.05, 3.63) is 58.6 Å². The van der Waals surface area contributed by atoms with Crippen molar-refractivity contribution in [2.24, 2.45) is 0 Å². The first-order valence-corrected chi connectivity index (χ1v) is 7.35. The van der Waals surface area contributed by atoms with Gasteiger partial charge < -0.3 is 10.2 Å². The minimum Gasteiger partial charge on any atom is -0.381 e. The molecule has 0 radical (unpaired) electrons. The molecule has 0 amide bonds. The minimum atomic E-state index is 0.381. The summed E-state index contributed by atoms with van der Waals surface area (Å²) in [6.45, 7) is 3.84. The molecule has 0 fully saturated rings. The van der Waals surface area contributed by atoms with E-state index >= 15 is 0 Å². The van der Waals surface area contributed by atoms with Crippen molar-refractivity contribution in [3.63, 3.8) is 0 Å². The Balaban J connectivity index is 1.93. The molecule has 0 aliphatic carbocycles. The molecular formula is C17H16ClN3. The van der Waals surface area contributed by atoms with Crippen LogP contribution < -0.4 is 10.2 Å². The monoisotopic (exact) mass is 297 g/mol. The van der Waals surface area contributed by atoms with Crippen LogP contribution in [0.5, 0.6) is 0 Å². The molecule has 0 spiro atoms. The van der Waals surface area contributed by atoms with E-state index in [4.69, 9.17) is 16.9 Å². The number of halogens is 1. The zero-order valence-electron chi connectivity index (χ0n) is 11.8. The number of hydrogen-bond acceptors (Lipinski definition) is 3. The van der Waals surface area contributed by atoms with Crippen molar-refractivity contribution in [2.45, 2.75) is 19.5 Å². The van der Waals surface area contributed by atoms with Gasteiger partial charge in [0.2, 0.25) is 0 Å². The molecule has 0 aromatic heterocycles. The smallest absolute Gasteiger partial charge is 0.0992 e. The van der Waals surface area contributed by atoms with Crippen LogP contribution in [0.3, 0.4) is 0 Å². The molecule has 1 unspecified atom stereocenters.